The van der Waals surface area contributed by atoms with E-state index in [0.29, 0.717) is 12.3 Å². The van der Waals surface area contributed by atoms with Crippen LogP contribution in [0, 0.1) is 12.7 Å². The predicted molar refractivity (Wildman–Crippen MR) is 91.4 cm³/mol. The summed E-state index contributed by atoms with van der Waals surface area (Å²) in [6.07, 6.45) is 0.845. The first-order valence-electron chi connectivity index (χ1n) is 7.48. The van der Waals surface area contributed by atoms with Crippen LogP contribution in [0.1, 0.15) is 12.0 Å². The smallest absolute Gasteiger partial charge is 0.257 e. The van der Waals surface area contributed by atoms with E-state index in [1.807, 2.05) is 31.2 Å². The van der Waals surface area contributed by atoms with E-state index in [0.717, 1.165) is 22.6 Å². The third-order valence-corrected chi connectivity index (χ3v) is 4.18. The highest BCUT2D eigenvalue weighted by atomic mass is 32.2. The van der Waals surface area contributed by atoms with Gasteiger partial charge in [-0.05, 0) is 61.1 Å². The molecule has 23 heavy (non-hydrogen) atoms. The quantitative estimate of drug-likeness (QED) is 0.590. The number of hydrogen-bond acceptors (Lipinski definition) is 3. The summed E-state index contributed by atoms with van der Waals surface area (Å²) in [5.74, 6) is 1.21. The van der Waals surface area contributed by atoms with E-state index in [1.54, 1.807) is 23.9 Å². The molecule has 3 nitrogen and oxygen atoms in total. The van der Waals surface area contributed by atoms with E-state index in [-0.39, 0.29) is 18.3 Å². The Morgan fingerprint density at radius 1 is 1.22 bits per heavy atom. The average Bonchev–Trinajstić information content (AvgIpc) is 2.54. The first-order chi connectivity index (χ1) is 11.1. The highest BCUT2D eigenvalue weighted by molar-refractivity contribution is 7.99. The largest absolute Gasteiger partial charge is 0.484 e. The molecule has 0 aliphatic rings. The van der Waals surface area contributed by atoms with Gasteiger partial charge < -0.3 is 10.1 Å². The first kappa shape index (κ1) is 17.3. The Labute approximate surface area is 140 Å². The normalized spacial score (nSPS) is 10.3. The SMILES string of the molecule is Cc1cccc(OCC(=O)NCCCSc2ccc(F)cc2)c1. The number of rotatable bonds is 8. The molecule has 5 heteroatoms. The van der Waals surface area contributed by atoms with Crippen molar-refractivity contribution in [2.45, 2.75) is 18.2 Å². The summed E-state index contributed by atoms with van der Waals surface area (Å²) in [5.41, 5.74) is 1.10. The monoisotopic (exact) mass is 333 g/mol. The lowest BCUT2D eigenvalue weighted by Crippen LogP contribution is -2.29. The van der Waals surface area contributed by atoms with Crippen LogP contribution in [0.4, 0.5) is 4.39 Å². The molecule has 0 heterocycles. The van der Waals surface area contributed by atoms with Crippen molar-refractivity contribution in [3.63, 3.8) is 0 Å². The molecule has 0 unspecified atom stereocenters. The molecular formula is C18H20FNO2S. The summed E-state index contributed by atoms with van der Waals surface area (Å²) < 4.78 is 18.2. The number of halogens is 1. The molecule has 1 amide bonds. The second-order valence-corrected chi connectivity index (χ2v) is 6.28. The predicted octanol–water partition coefficient (Wildman–Crippen LogP) is 3.81. The number of carbonyl (C=O) groups excluding carboxylic acids is 1. The molecule has 0 saturated heterocycles. The van der Waals surface area contributed by atoms with Gasteiger partial charge in [0, 0.05) is 11.4 Å². The number of benzene rings is 2. The maximum Gasteiger partial charge on any atom is 0.257 e. The fourth-order valence-electron chi connectivity index (χ4n) is 1.93. The van der Waals surface area contributed by atoms with Gasteiger partial charge in [-0.25, -0.2) is 4.39 Å². The Balaban J connectivity index is 1.57. The molecule has 0 aliphatic carbocycles. The molecule has 0 saturated carbocycles. The molecule has 2 aromatic carbocycles. The zero-order valence-corrected chi connectivity index (χ0v) is 13.9. The third kappa shape index (κ3) is 6.74. The topological polar surface area (TPSA) is 38.3 Å². The molecule has 0 fully saturated rings. The Bertz CT molecular complexity index is 631. The lowest BCUT2D eigenvalue weighted by Gasteiger charge is -2.08. The van der Waals surface area contributed by atoms with Crippen LogP contribution in [0.25, 0.3) is 0 Å². The minimum atomic E-state index is -0.227. The van der Waals surface area contributed by atoms with E-state index in [4.69, 9.17) is 4.74 Å². The first-order valence-corrected chi connectivity index (χ1v) is 8.46. The number of ether oxygens (including phenoxy) is 1. The standard InChI is InChI=1S/C18H20FNO2S/c1-14-4-2-5-16(12-14)22-13-18(21)20-10-3-11-23-17-8-6-15(19)7-9-17/h2,4-9,12H,3,10-11,13H2,1H3,(H,20,21). The summed E-state index contributed by atoms with van der Waals surface area (Å²) in [4.78, 5) is 12.7. The number of nitrogens with one attached hydrogen (secondary N) is 1. The number of carbonyl (C=O) groups is 1. The molecule has 0 aromatic heterocycles. The van der Waals surface area contributed by atoms with Gasteiger partial charge in [0.05, 0.1) is 0 Å². The molecular weight excluding hydrogens is 313 g/mol. The van der Waals surface area contributed by atoms with E-state index < -0.39 is 0 Å². The maximum absolute atomic E-state index is 12.8. The molecule has 0 radical (unpaired) electrons. The second kappa shape index (κ2) is 9.20. The minimum absolute atomic E-state index is 0.0224. The van der Waals surface area contributed by atoms with Gasteiger partial charge in [0.2, 0.25) is 0 Å². The lowest BCUT2D eigenvalue weighted by atomic mass is 10.2. The van der Waals surface area contributed by atoms with Crippen molar-refractivity contribution in [2.24, 2.45) is 0 Å². The molecule has 2 rings (SSSR count). The summed E-state index contributed by atoms with van der Waals surface area (Å²) in [7, 11) is 0. The van der Waals surface area contributed by atoms with E-state index in [2.05, 4.69) is 5.32 Å². The molecule has 122 valence electrons. The molecule has 0 bridgehead atoms. The summed E-state index contributed by atoms with van der Waals surface area (Å²) in [6, 6.07) is 14.0. The Hall–Kier alpha value is -2.01. The molecule has 1 N–H and O–H groups in total. The van der Waals surface area contributed by atoms with E-state index in [9.17, 15) is 9.18 Å². The van der Waals surface area contributed by atoms with Crippen LogP contribution in [-0.4, -0.2) is 24.8 Å². The Kier molecular flexibility index (Phi) is 6.94. The molecule has 0 atom stereocenters. The van der Waals surface area contributed by atoms with Crippen molar-refractivity contribution in [3.05, 3.63) is 59.9 Å². The van der Waals surface area contributed by atoms with Gasteiger partial charge in [-0.3, -0.25) is 4.79 Å². The van der Waals surface area contributed by atoms with Gasteiger partial charge in [-0.15, -0.1) is 11.8 Å². The fraction of sp³-hybridized carbons (Fsp3) is 0.278. The zero-order chi connectivity index (χ0) is 16.5. The van der Waals surface area contributed by atoms with Crippen LogP contribution >= 0.6 is 11.8 Å². The van der Waals surface area contributed by atoms with Crippen molar-refractivity contribution in [1.29, 1.82) is 0 Å². The van der Waals surface area contributed by atoms with Crippen LogP contribution in [0.5, 0.6) is 5.75 Å². The van der Waals surface area contributed by atoms with Crippen molar-refractivity contribution in [1.82, 2.24) is 5.32 Å². The van der Waals surface area contributed by atoms with Gasteiger partial charge in [-0.1, -0.05) is 12.1 Å². The van der Waals surface area contributed by atoms with Crippen molar-refractivity contribution in [2.75, 3.05) is 18.9 Å². The summed E-state index contributed by atoms with van der Waals surface area (Å²) >= 11 is 1.64. The third-order valence-electron chi connectivity index (χ3n) is 3.09. The van der Waals surface area contributed by atoms with Gasteiger partial charge in [0.15, 0.2) is 6.61 Å². The minimum Gasteiger partial charge on any atom is -0.484 e. The van der Waals surface area contributed by atoms with E-state index >= 15 is 0 Å². The fourth-order valence-corrected chi connectivity index (χ4v) is 2.78. The van der Waals surface area contributed by atoms with Gasteiger partial charge in [0.1, 0.15) is 11.6 Å². The molecule has 2 aromatic rings. The van der Waals surface area contributed by atoms with Crippen LogP contribution in [0.3, 0.4) is 0 Å². The van der Waals surface area contributed by atoms with Gasteiger partial charge >= 0.3 is 0 Å². The van der Waals surface area contributed by atoms with Crippen molar-refractivity contribution < 1.29 is 13.9 Å². The maximum atomic E-state index is 12.8. The van der Waals surface area contributed by atoms with Crippen molar-refractivity contribution >= 4 is 17.7 Å². The number of thioether (sulfide) groups is 1. The zero-order valence-electron chi connectivity index (χ0n) is 13.0. The Morgan fingerprint density at radius 2 is 2.00 bits per heavy atom. The Morgan fingerprint density at radius 3 is 2.74 bits per heavy atom. The average molecular weight is 333 g/mol. The summed E-state index contributed by atoms with van der Waals surface area (Å²) in [5, 5.41) is 2.83. The van der Waals surface area contributed by atoms with Crippen molar-refractivity contribution in [3.8, 4) is 5.75 Å². The van der Waals surface area contributed by atoms with Crippen LogP contribution in [0.2, 0.25) is 0 Å². The van der Waals surface area contributed by atoms with Crippen LogP contribution < -0.4 is 10.1 Å². The number of amides is 1. The highest BCUT2D eigenvalue weighted by Crippen LogP contribution is 2.18. The molecule has 0 spiro atoms. The molecule has 0 aliphatic heterocycles. The summed E-state index contributed by atoms with van der Waals surface area (Å²) in [6.45, 7) is 2.60. The van der Waals surface area contributed by atoms with Gasteiger partial charge in [-0.2, -0.15) is 0 Å². The van der Waals surface area contributed by atoms with E-state index in [1.165, 1.54) is 12.1 Å². The van der Waals surface area contributed by atoms with Crippen LogP contribution in [0.15, 0.2) is 53.4 Å². The highest BCUT2D eigenvalue weighted by Gasteiger charge is 2.02. The second-order valence-electron chi connectivity index (χ2n) is 5.11. The van der Waals surface area contributed by atoms with Crippen LogP contribution in [-0.2, 0) is 4.79 Å². The lowest BCUT2D eigenvalue weighted by molar-refractivity contribution is -0.123. The van der Waals surface area contributed by atoms with Gasteiger partial charge in [0.25, 0.3) is 5.91 Å². The number of aryl methyl sites for hydroxylation is 1. The number of hydrogen-bond donors (Lipinski definition) is 1.